The zero-order valence-corrected chi connectivity index (χ0v) is 11.8. The Hall–Kier alpha value is -1.90. The van der Waals surface area contributed by atoms with Gasteiger partial charge in [0.15, 0.2) is 0 Å². The number of ether oxygens (including phenoxy) is 1. The summed E-state index contributed by atoms with van der Waals surface area (Å²) in [4.78, 5) is 14.1. The van der Waals surface area contributed by atoms with Gasteiger partial charge in [0.05, 0.1) is 30.4 Å². The third-order valence-electron chi connectivity index (χ3n) is 3.17. The average molecular weight is 273 g/mol. The molecule has 2 rings (SSSR count). The van der Waals surface area contributed by atoms with Crippen LogP contribution in [-0.2, 0) is 9.53 Å². The fourth-order valence-corrected chi connectivity index (χ4v) is 2.28. The molecule has 1 fully saturated rings. The minimum atomic E-state index is -0.201. The van der Waals surface area contributed by atoms with Crippen molar-refractivity contribution < 1.29 is 9.53 Å². The van der Waals surface area contributed by atoms with E-state index in [0.717, 1.165) is 13.1 Å². The van der Waals surface area contributed by atoms with E-state index in [1.807, 2.05) is 19.9 Å². The average Bonchev–Trinajstić information content (AvgIpc) is 2.38. The molecule has 0 spiro atoms. The van der Waals surface area contributed by atoms with Crippen LogP contribution in [-0.4, -0.2) is 42.6 Å². The molecule has 0 radical (unpaired) electrons. The normalized spacial score (nSPS) is 18.2. The van der Waals surface area contributed by atoms with Gasteiger partial charge in [0, 0.05) is 18.8 Å². The first-order chi connectivity index (χ1) is 9.48. The Bertz CT molecular complexity index is 517. The highest BCUT2D eigenvalue weighted by atomic mass is 16.5. The summed E-state index contributed by atoms with van der Waals surface area (Å²) in [6.45, 7) is 6.57. The highest BCUT2D eigenvalue weighted by molar-refractivity contribution is 5.92. The number of rotatable bonds is 3. The fourth-order valence-electron chi connectivity index (χ4n) is 2.28. The molecule has 5 heteroatoms. The molecule has 1 aliphatic heterocycles. The molecule has 0 bridgehead atoms. The van der Waals surface area contributed by atoms with Crippen LogP contribution in [0.5, 0.6) is 0 Å². The van der Waals surface area contributed by atoms with E-state index in [4.69, 9.17) is 10.00 Å². The third-order valence-corrected chi connectivity index (χ3v) is 3.17. The van der Waals surface area contributed by atoms with Crippen molar-refractivity contribution in [3.05, 3.63) is 29.8 Å². The molecule has 106 valence electrons. The van der Waals surface area contributed by atoms with Crippen LogP contribution in [0.25, 0.3) is 0 Å². The number of nitrogens with zero attached hydrogens (tertiary/aromatic N) is 2. The molecule has 20 heavy (non-hydrogen) atoms. The number of hydrogen-bond donors (Lipinski definition) is 1. The fraction of sp³-hybridized carbons (Fsp3) is 0.467. The number of nitrogens with one attached hydrogen (secondary N) is 1. The van der Waals surface area contributed by atoms with Crippen LogP contribution in [0.1, 0.15) is 19.4 Å². The molecule has 1 heterocycles. The Morgan fingerprint density at radius 3 is 2.75 bits per heavy atom. The van der Waals surface area contributed by atoms with Gasteiger partial charge in [0.25, 0.3) is 0 Å². The van der Waals surface area contributed by atoms with Gasteiger partial charge in [0.1, 0.15) is 0 Å². The van der Waals surface area contributed by atoms with E-state index in [2.05, 4.69) is 10.2 Å². The second-order valence-electron chi connectivity index (χ2n) is 5.56. The monoisotopic (exact) mass is 273 g/mol. The van der Waals surface area contributed by atoms with Crippen LogP contribution in [0.15, 0.2) is 24.3 Å². The SMILES string of the molecule is CC1(C)CN(CC(=O)Nc2ccc(C#N)cc2)CCO1. The number of hydrogen-bond acceptors (Lipinski definition) is 4. The lowest BCUT2D eigenvalue weighted by Gasteiger charge is -2.37. The lowest BCUT2D eigenvalue weighted by atomic mass is 10.1. The molecule has 1 aromatic carbocycles. The number of anilines is 1. The van der Waals surface area contributed by atoms with Crippen LogP contribution < -0.4 is 5.32 Å². The Balaban J connectivity index is 1.87. The summed E-state index contributed by atoms with van der Waals surface area (Å²) in [7, 11) is 0. The maximum absolute atomic E-state index is 12.0. The summed E-state index contributed by atoms with van der Waals surface area (Å²) >= 11 is 0. The topological polar surface area (TPSA) is 65.4 Å². The molecular formula is C15H19N3O2. The van der Waals surface area contributed by atoms with Crippen LogP contribution in [0, 0.1) is 11.3 Å². The van der Waals surface area contributed by atoms with Crippen LogP contribution in [0.2, 0.25) is 0 Å². The van der Waals surface area contributed by atoms with Crippen molar-refractivity contribution in [3.8, 4) is 6.07 Å². The van der Waals surface area contributed by atoms with Gasteiger partial charge in [-0.25, -0.2) is 0 Å². The molecule has 1 amide bonds. The lowest BCUT2D eigenvalue weighted by Crippen LogP contribution is -2.50. The zero-order chi connectivity index (χ0) is 14.6. The van der Waals surface area contributed by atoms with Gasteiger partial charge in [-0.05, 0) is 38.1 Å². The Morgan fingerprint density at radius 2 is 2.15 bits per heavy atom. The van der Waals surface area contributed by atoms with Gasteiger partial charge in [0.2, 0.25) is 5.91 Å². The van der Waals surface area contributed by atoms with E-state index in [-0.39, 0.29) is 11.5 Å². The first-order valence-corrected chi connectivity index (χ1v) is 6.65. The van der Waals surface area contributed by atoms with E-state index in [9.17, 15) is 4.79 Å². The quantitative estimate of drug-likeness (QED) is 0.908. The standard InChI is InChI=1S/C15H19N3O2/c1-15(2)11-18(7-8-20-15)10-14(19)17-13-5-3-12(9-16)4-6-13/h3-6H,7-8,10-11H2,1-2H3,(H,17,19). The van der Waals surface area contributed by atoms with Crippen molar-refractivity contribution in [2.75, 3.05) is 31.6 Å². The summed E-state index contributed by atoms with van der Waals surface area (Å²) in [5, 5.41) is 11.6. The van der Waals surface area contributed by atoms with Gasteiger partial charge in [-0.1, -0.05) is 0 Å². The molecule has 0 saturated carbocycles. The van der Waals surface area contributed by atoms with Crippen LogP contribution >= 0.6 is 0 Å². The second-order valence-corrected chi connectivity index (χ2v) is 5.56. The van der Waals surface area contributed by atoms with E-state index in [1.165, 1.54) is 0 Å². The van der Waals surface area contributed by atoms with Gasteiger partial charge in [-0.3, -0.25) is 9.69 Å². The summed E-state index contributed by atoms with van der Waals surface area (Å²) in [5.41, 5.74) is 1.09. The predicted molar refractivity (Wildman–Crippen MR) is 76.3 cm³/mol. The van der Waals surface area contributed by atoms with Gasteiger partial charge in [-0.2, -0.15) is 5.26 Å². The minimum Gasteiger partial charge on any atom is -0.373 e. The molecule has 1 aromatic rings. The van der Waals surface area contributed by atoms with Crippen molar-refractivity contribution in [2.45, 2.75) is 19.4 Å². The largest absolute Gasteiger partial charge is 0.373 e. The molecule has 5 nitrogen and oxygen atoms in total. The van der Waals surface area contributed by atoms with Crippen molar-refractivity contribution >= 4 is 11.6 Å². The number of benzene rings is 1. The third kappa shape index (κ3) is 4.05. The van der Waals surface area contributed by atoms with E-state index < -0.39 is 0 Å². The maximum Gasteiger partial charge on any atom is 0.238 e. The molecular weight excluding hydrogens is 254 g/mol. The Morgan fingerprint density at radius 1 is 1.45 bits per heavy atom. The number of nitriles is 1. The molecule has 0 aliphatic carbocycles. The highest BCUT2D eigenvalue weighted by Gasteiger charge is 2.28. The summed E-state index contributed by atoms with van der Waals surface area (Å²) in [5.74, 6) is -0.0487. The zero-order valence-electron chi connectivity index (χ0n) is 11.8. The van der Waals surface area contributed by atoms with Gasteiger partial charge >= 0.3 is 0 Å². The summed E-state index contributed by atoms with van der Waals surface area (Å²) in [6.07, 6.45) is 0. The van der Waals surface area contributed by atoms with E-state index >= 15 is 0 Å². The smallest absolute Gasteiger partial charge is 0.238 e. The van der Waals surface area contributed by atoms with Crippen LogP contribution in [0.3, 0.4) is 0 Å². The Kier molecular flexibility index (Phi) is 4.38. The highest BCUT2D eigenvalue weighted by Crippen LogP contribution is 2.16. The molecule has 1 aliphatic rings. The first kappa shape index (κ1) is 14.5. The molecule has 0 unspecified atom stereocenters. The number of morpholine rings is 1. The molecule has 1 N–H and O–H groups in total. The van der Waals surface area contributed by atoms with Crippen molar-refractivity contribution in [3.63, 3.8) is 0 Å². The number of amides is 1. The van der Waals surface area contributed by atoms with E-state index in [0.29, 0.717) is 24.4 Å². The molecule has 1 saturated heterocycles. The van der Waals surface area contributed by atoms with Crippen LogP contribution in [0.4, 0.5) is 5.69 Å². The first-order valence-electron chi connectivity index (χ1n) is 6.65. The number of carbonyl (C=O) groups excluding carboxylic acids is 1. The predicted octanol–water partition coefficient (Wildman–Crippen LogP) is 1.61. The van der Waals surface area contributed by atoms with Gasteiger partial charge in [-0.15, -0.1) is 0 Å². The van der Waals surface area contributed by atoms with Gasteiger partial charge < -0.3 is 10.1 Å². The molecule has 0 atom stereocenters. The minimum absolute atomic E-state index is 0.0487. The molecule has 0 aromatic heterocycles. The maximum atomic E-state index is 12.0. The second kappa shape index (κ2) is 6.04. The van der Waals surface area contributed by atoms with Crippen molar-refractivity contribution in [2.24, 2.45) is 0 Å². The van der Waals surface area contributed by atoms with Crippen molar-refractivity contribution in [1.29, 1.82) is 5.26 Å². The Labute approximate surface area is 119 Å². The summed E-state index contributed by atoms with van der Waals surface area (Å²) in [6, 6.07) is 8.89. The lowest BCUT2D eigenvalue weighted by molar-refractivity contribution is -0.122. The summed E-state index contributed by atoms with van der Waals surface area (Å²) < 4.78 is 5.62. The van der Waals surface area contributed by atoms with Crippen molar-refractivity contribution in [1.82, 2.24) is 4.90 Å². The number of carbonyl (C=O) groups is 1. The van der Waals surface area contributed by atoms with E-state index in [1.54, 1.807) is 24.3 Å².